The molecule has 2 heterocycles. The summed E-state index contributed by atoms with van der Waals surface area (Å²) in [5.74, 6) is 2.05. The van der Waals surface area contributed by atoms with E-state index < -0.39 is 0 Å². The topological polar surface area (TPSA) is 52.0 Å². The zero-order valence-electron chi connectivity index (χ0n) is 10.3. The fraction of sp³-hybridized carbons (Fsp3) is 0.333. The van der Waals surface area contributed by atoms with Crippen molar-refractivity contribution in [2.75, 3.05) is 11.9 Å². The van der Waals surface area contributed by atoms with Crippen LogP contribution in [-0.4, -0.2) is 21.3 Å². The maximum atomic E-state index is 5.67. The monoisotopic (exact) mass is 232 g/mol. The number of ether oxygens (including phenoxy) is 1. The van der Waals surface area contributed by atoms with Gasteiger partial charge < -0.3 is 10.1 Å². The minimum atomic E-state index is 0.562. The van der Waals surface area contributed by atoms with Crippen molar-refractivity contribution < 1.29 is 4.74 Å². The minimum absolute atomic E-state index is 0.562. The highest BCUT2D eigenvalue weighted by molar-refractivity contribution is 5.37. The lowest BCUT2D eigenvalue weighted by atomic mass is 10.4. The predicted octanol–water partition coefficient (Wildman–Crippen LogP) is 2.35. The Morgan fingerprint density at radius 2 is 2.24 bits per heavy atom. The fourth-order valence-corrected chi connectivity index (χ4v) is 1.54. The van der Waals surface area contributed by atoms with Gasteiger partial charge in [-0.2, -0.15) is 10.1 Å². The van der Waals surface area contributed by atoms with Gasteiger partial charge in [-0.3, -0.25) is 0 Å². The van der Waals surface area contributed by atoms with Gasteiger partial charge in [0, 0.05) is 25.7 Å². The van der Waals surface area contributed by atoms with Gasteiger partial charge in [-0.15, -0.1) is 0 Å². The molecule has 0 aliphatic rings. The highest BCUT2D eigenvalue weighted by Gasteiger charge is 2.05. The molecule has 0 fully saturated rings. The van der Waals surface area contributed by atoms with Gasteiger partial charge in [-0.1, -0.05) is 6.07 Å². The molecule has 1 N–H and O–H groups in total. The van der Waals surface area contributed by atoms with Gasteiger partial charge in [0.05, 0.1) is 5.69 Å². The van der Waals surface area contributed by atoms with E-state index in [1.165, 1.54) is 0 Å². The van der Waals surface area contributed by atoms with E-state index in [1.54, 1.807) is 4.68 Å². The Labute approximate surface area is 100 Å². The maximum Gasteiger partial charge on any atom is 0.223 e. The van der Waals surface area contributed by atoms with Crippen LogP contribution in [0.2, 0.25) is 0 Å². The molecule has 5 nitrogen and oxygen atoms in total. The SMILES string of the molecule is CCNc1cccc(Oc2cc(C)nn2C)n1. The summed E-state index contributed by atoms with van der Waals surface area (Å²) >= 11 is 0. The molecule has 17 heavy (non-hydrogen) atoms. The van der Waals surface area contributed by atoms with Crippen LogP contribution in [0.15, 0.2) is 24.3 Å². The molecule has 2 aromatic rings. The quantitative estimate of drug-likeness (QED) is 0.879. The first-order valence-corrected chi connectivity index (χ1v) is 5.58. The number of aryl methyl sites for hydroxylation is 2. The lowest BCUT2D eigenvalue weighted by Crippen LogP contribution is -2.01. The summed E-state index contributed by atoms with van der Waals surface area (Å²) in [5, 5.41) is 7.35. The molecule has 0 unspecified atom stereocenters. The Bertz CT molecular complexity index is 507. The molecule has 0 saturated carbocycles. The van der Waals surface area contributed by atoms with Crippen LogP contribution in [0.4, 0.5) is 5.82 Å². The molecule has 0 saturated heterocycles. The van der Waals surface area contributed by atoms with E-state index in [-0.39, 0.29) is 0 Å². The summed E-state index contributed by atoms with van der Waals surface area (Å²) in [4.78, 5) is 4.33. The zero-order valence-corrected chi connectivity index (χ0v) is 10.3. The van der Waals surface area contributed by atoms with Crippen LogP contribution in [0.25, 0.3) is 0 Å². The second kappa shape index (κ2) is 4.86. The lowest BCUT2D eigenvalue weighted by Gasteiger charge is -2.06. The van der Waals surface area contributed by atoms with E-state index in [0.29, 0.717) is 11.8 Å². The first kappa shape index (κ1) is 11.4. The first-order valence-electron chi connectivity index (χ1n) is 5.58. The van der Waals surface area contributed by atoms with E-state index in [4.69, 9.17) is 4.74 Å². The van der Waals surface area contributed by atoms with Crippen LogP contribution in [0.3, 0.4) is 0 Å². The number of hydrogen-bond donors (Lipinski definition) is 1. The van der Waals surface area contributed by atoms with Gasteiger partial charge in [0.15, 0.2) is 0 Å². The van der Waals surface area contributed by atoms with E-state index in [9.17, 15) is 0 Å². The van der Waals surface area contributed by atoms with Crippen LogP contribution in [0.1, 0.15) is 12.6 Å². The molecular formula is C12H16N4O. The molecule has 5 heteroatoms. The molecular weight excluding hydrogens is 216 g/mol. The number of pyridine rings is 1. The van der Waals surface area contributed by atoms with Crippen molar-refractivity contribution in [3.8, 4) is 11.8 Å². The number of nitrogens with zero attached hydrogens (tertiary/aromatic N) is 3. The van der Waals surface area contributed by atoms with Crippen LogP contribution < -0.4 is 10.1 Å². The Kier molecular flexibility index (Phi) is 3.27. The molecule has 0 atom stereocenters. The van der Waals surface area contributed by atoms with Crippen molar-refractivity contribution >= 4 is 5.82 Å². The van der Waals surface area contributed by atoms with Crippen molar-refractivity contribution in [3.63, 3.8) is 0 Å². The molecule has 2 rings (SSSR count). The lowest BCUT2D eigenvalue weighted by molar-refractivity contribution is 0.416. The second-order valence-corrected chi connectivity index (χ2v) is 3.74. The molecule has 2 aromatic heterocycles. The van der Waals surface area contributed by atoms with E-state index in [0.717, 1.165) is 18.1 Å². The fourth-order valence-electron chi connectivity index (χ4n) is 1.54. The smallest absolute Gasteiger partial charge is 0.223 e. The molecule has 0 radical (unpaired) electrons. The summed E-state index contributed by atoms with van der Waals surface area (Å²) in [7, 11) is 1.84. The Balaban J connectivity index is 2.18. The summed E-state index contributed by atoms with van der Waals surface area (Å²) in [6.07, 6.45) is 0. The zero-order chi connectivity index (χ0) is 12.3. The predicted molar refractivity (Wildman–Crippen MR) is 66.4 cm³/mol. The Hall–Kier alpha value is -2.04. The summed E-state index contributed by atoms with van der Waals surface area (Å²) < 4.78 is 7.36. The molecule has 0 aliphatic heterocycles. The molecule has 0 aromatic carbocycles. The summed E-state index contributed by atoms with van der Waals surface area (Å²) in [6.45, 7) is 4.79. The number of aromatic nitrogens is 3. The summed E-state index contributed by atoms with van der Waals surface area (Å²) in [5.41, 5.74) is 0.922. The third-order valence-electron chi connectivity index (χ3n) is 2.25. The third-order valence-corrected chi connectivity index (χ3v) is 2.25. The van der Waals surface area contributed by atoms with Crippen molar-refractivity contribution in [1.29, 1.82) is 0 Å². The van der Waals surface area contributed by atoms with Gasteiger partial charge in [0.2, 0.25) is 11.8 Å². The molecule has 0 bridgehead atoms. The first-order chi connectivity index (χ1) is 8.19. The minimum Gasteiger partial charge on any atom is -0.421 e. The molecule has 0 amide bonds. The standard InChI is InChI=1S/C12H16N4O/c1-4-13-10-6-5-7-11(14-10)17-12-8-9(2)15-16(12)3/h5-8H,4H2,1-3H3,(H,13,14). The average molecular weight is 232 g/mol. The van der Waals surface area contributed by atoms with Gasteiger partial charge in [-0.05, 0) is 19.9 Å². The van der Waals surface area contributed by atoms with E-state index in [1.807, 2.05) is 45.2 Å². The molecule has 0 spiro atoms. The van der Waals surface area contributed by atoms with Crippen molar-refractivity contribution in [1.82, 2.24) is 14.8 Å². The highest BCUT2D eigenvalue weighted by Crippen LogP contribution is 2.20. The number of rotatable bonds is 4. The van der Waals surface area contributed by atoms with Crippen molar-refractivity contribution in [3.05, 3.63) is 30.0 Å². The average Bonchev–Trinajstić information content (AvgIpc) is 2.58. The van der Waals surface area contributed by atoms with Gasteiger partial charge in [0.1, 0.15) is 5.82 Å². The van der Waals surface area contributed by atoms with Crippen molar-refractivity contribution in [2.24, 2.45) is 7.05 Å². The third kappa shape index (κ3) is 2.75. The van der Waals surface area contributed by atoms with Gasteiger partial charge in [-0.25, -0.2) is 4.68 Å². The molecule has 0 aliphatic carbocycles. The van der Waals surface area contributed by atoms with Crippen LogP contribution in [0.5, 0.6) is 11.8 Å². The number of anilines is 1. The normalized spacial score (nSPS) is 10.3. The van der Waals surface area contributed by atoms with Gasteiger partial charge >= 0.3 is 0 Å². The Morgan fingerprint density at radius 1 is 1.41 bits per heavy atom. The maximum absolute atomic E-state index is 5.67. The van der Waals surface area contributed by atoms with Gasteiger partial charge in [0.25, 0.3) is 0 Å². The van der Waals surface area contributed by atoms with Crippen LogP contribution in [0, 0.1) is 6.92 Å². The molecule has 90 valence electrons. The Morgan fingerprint density at radius 3 is 2.88 bits per heavy atom. The number of hydrogen-bond acceptors (Lipinski definition) is 4. The summed E-state index contributed by atoms with van der Waals surface area (Å²) in [6, 6.07) is 7.51. The largest absolute Gasteiger partial charge is 0.421 e. The number of nitrogens with one attached hydrogen (secondary N) is 1. The second-order valence-electron chi connectivity index (χ2n) is 3.74. The van der Waals surface area contributed by atoms with E-state index >= 15 is 0 Å². The van der Waals surface area contributed by atoms with Crippen molar-refractivity contribution in [2.45, 2.75) is 13.8 Å². The van der Waals surface area contributed by atoms with E-state index in [2.05, 4.69) is 15.4 Å². The highest BCUT2D eigenvalue weighted by atomic mass is 16.5. The van der Waals surface area contributed by atoms with Crippen LogP contribution in [-0.2, 0) is 7.05 Å². The van der Waals surface area contributed by atoms with Crippen LogP contribution >= 0.6 is 0 Å².